The molecule has 0 saturated heterocycles. The molecule has 1 aliphatic rings. The van der Waals surface area contributed by atoms with E-state index in [1.54, 1.807) is 7.05 Å². The van der Waals surface area contributed by atoms with Crippen LogP contribution in [0.5, 0.6) is 11.5 Å². The summed E-state index contributed by atoms with van der Waals surface area (Å²) in [7, 11) is 0.844. The maximum absolute atomic E-state index is 12.7. The molecule has 1 fully saturated rings. The molecule has 1 saturated carbocycles. The topological polar surface area (TPSA) is 81.9 Å². The summed E-state index contributed by atoms with van der Waals surface area (Å²) >= 11 is 0. The highest BCUT2D eigenvalue weighted by molar-refractivity contribution is 7.89. The van der Waals surface area contributed by atoms with Gasteiger partial charge in [0.05, 0.1) is 19.9 Å². The standard InChI is InChI=1S/C14H22N2O4S/c1-9-5-10(9)8-16(2)21(17,18)14-6-11(15)12(19-3)7-13(14)20-4/h6-7,9-10H,5,8,15H2,1-4H3. The Morgan fingerprint density at radius 2 is 1.86 bits per heavy atom. The second-order valence-electron chi connectivity index (χ2n) is 5.50. The first-order chi connectivity index (χ1) is 9.81. The van der Waals surface area contributed by atoms with Gasteiger partial charge in [0.2, 0.25) is 10.0 Å². The van der Waals surface area contributed by atoms with E-state index in [1.807, 2.05) is 0 Å². The Hall–Kier alpha value is -1.47. The molecule has 0 heterocycles. The first-order valence-corrected chi connectivity index (χ1v) is 8.23. The number of nitrogens with zero attached hydrogens (tertiary/aromatic N) is 1. The number of methoxy groups -OCH3 is 2. The average molecular weight is 314 g/mol. The van der Waals surface area contributed by atoms with Crippen molar-refractivity contribution in [3.8, 4) is 11.5 Å². The van der Waals surface area contributed by atoms with E-state index in [-0.39, 0.29) is 16.3 Å². The zero-order valence-corrected chi connectivity index (χ0v) is 13.6. The predicted octanol–water partition coefficient (Wildman–Crippen LogP) is 1.56. The molecule has 0 bridgehead atoms. The fraction of sp³-hybridized carbons (Fsp3) is 0.571. The molecule has 0 amide bonds. The largest absolute Gasteiger partial charge is 0.495 e. The monoisotopic (exact) mass is 314 g/mol. The molecule has 21 heavy (non-hydrogen) atoms. The van der Waals surface area contributed by atoms with E-state index in [9.17, 15) is 8.42 Å². The summed E-state index contributed by atoms with van der Waals surface area (Å²) in [5, 5.41) is 0. The highest BCUT2D eigenvalue weighted by atomic mass is 32.2. The van der Waals surface area contributed by atoms with Crippen molar-refractivity contribution in [2.75, 3.05) is 33.5 Å². The highest BCUT2D eigenvalue weighted by Gasteiger charge is 2.37. The maximum Gasteiger partial charge on any atom is 0.246 e. The molecule has 1 aromatic rings. The van der Waals surface area contributed by atoms with Crippen molar-refractivity contribution in [2.45, 2.75) is 18.2 Å². The number of hydrogen-bond acceptors (Lipinski definition) is 5. The maximum atomic E-state index is 12.7. The summed E-state index contributed by atoms with van der Waals surface area (Å²) in [5.41, 5.74) is 6.09. The van der Waals surface area contributed by atoms with Crippen LogP contribution < -0.4 is 15.2 Å². The molecule has 0 aliphatic heterocycles. The Kier molecular flexibility index (Phi) is 4.34. The number of sulfonamides is 1. The molecule has 2 atom stereocenters. The number of anilines is 1. The van der Waals surface area contributed by atoms with Gasteiger partial charge in [-0.05, 0) is 24.3 Å². The Bertz CT molecular complexity index is 630. The van der Waals surface area contributed by atoms with Crippen LogP contribution in [0.2, 0.25) is 0 Å². The SMILES string of the molecule is COc1cc(OC)c(S(=O)(=O)N(C)CC2CC2C)cc1N. The lowest BCUT2D eigenvalue weighted by molar-refractivity contribution is 0.383. The van der Waals surface area contributed by atoms with E-state index in [2.05, 4.69) is 6.92 Å². The van der Waals surface area contributed by atoms with Crippen molar-refractivity contribution in [3.05, 3.63) is 12.1 Å². The van der Waals surface area contributed by atoms with Crippen LogP contribution in [-0.4, -0.2) is 40.5 Å². The fourth-order valence-electron chi connectivity index (χ4n) is 2.34. The summed E-state index contributed by atoms with van der Waals surface area (Å²) in [4.78, 5) is 0.0686. The van der Waals surface area contributed by atoms with Crippen LogP contribution in [0.1, 0.15) is 13.3 Å². The van der Waals surface area contributed by atoms with Crippen LogP contribution in [0, 0.1) is 11.8 Å². The third kappa shape index (κ3) is 3.08. The number of nitrogen functional groups attached to an aromatic ring is 1. The molecule has 6 nitrogen and oxygen atoms in total. The van der Waals surface area contributed by atoms with Crippen molar-refractivity contribution in [3.63, 3.8) is 0 Å². The van der Waals surface area contributed by atoms with Crippen molar-refractivity contribution in [2.24, 2.45) is 11.8 Å². The van der Waals surface area contributed by atoms with Gasteiger partial charge in [-0.15, -0.1) is 0 Å². The Morgan fingerprint density at radius 3 is 2.33 bits per heavy atom. The second kappa shape index (κ2) is 5.73. The molecule has 2 N–H and O–H groups in total. The molecular formula is C14H22N2O4S. The van der Waals surface area contributed by atoms with E-state index < -0.39 is 10.0 Å². The van der Waals surface area contributed by atoms with E-state index in [1.165, 1.54) is 30.7 Å². The lowest BCUT2D eigenvalue weighted by Crippen LogP contribution is -2.29. The van der Waals surface area contributed by atoms with Crippen LogP contribution >= 0.6 is 0 Å². The summed E-state index contributed by atoms with van der Waals surface area (Å²) in [6.45, 7) is 2.63. The molecule has 118 valence electrons. The van der Waals surface area contributed by atoms with Gasteiger partial charge in [-0.1, -0.05) is 6.92 Å². The number of nitrogens with two attached hydrogens (primary N) is 1. The van der Waals surface area contributed by atoms with Gasteiger partial charge < -0.3 is 15.2 Å². The molecule has 0 aromatic heterocycles. The molecule has 2 rings (SSSR count). The summed E-state index contributed by atoms with van der Waals surface area (Å²) in [6.07, 6.45) is 1.07. The van der Waals surface area contributed by atoms with Gasteiger partial charge >= 0.3 is 0 Å². The van der Waals surface area contributed by atoms with Crippen molar-refractivity contribution in [1.82, 2.24) is 4.31 Å². The van der Waals surface area contributed by atoms with E-state index in [0.717, 1.165) is 6.42 Å². The van der Waals surface area contributed by atoms with Gasteiger partial charge in [0.15, 0.2) is 0 Å². The first-order valence-electron chi connectivity index (χ1n) is 6.79. The molecule has 7 heteroatoms. The molecule has 2 unspecified atom stereocenters. The van der Waals surface area contributed by atoms with Crippen LogP contribution in [0.4, 0.5) is 5.69 Å². The van der Waals surface area contributed by atoms with Gasteiger partial charge in [0.25, 0.3) is 0 Å². The van der Waals surface area contributed by atoms with Gasteiger partial charge in [-0.2, -0.15) is 0 Å². The number of rotatable bonds is 6. The third-order valence-corrected chi connectivity index (χ3v) is 5.82. The highest BCUT2D eigenvalue weighted by Crippen LogP contribution is 2.40. The Morgan fingerprint density at radius 1 is 1.29 bits per heavy atom. The smallest absolute Gasteiger partial charge is 0.246 e. The fourth-order valence-corrected chi connectivity index (χ4v) is 3.74. The zero-order chi connectivity index (χ0) is 15.8. The summed E-state index contributed by atoms with van der Waals surface area (Å²) < 4.78 is 37.0. The lowest BCUT2D eigenvalue weighted by Gasteiger charge is -2.20. The van der Waals surface area contributed by atoms with Gasteiger partial charge in [-0.3, -0.25) is 0 Å². The van der Waals surface area contributed by atoms with Gasteiger partial charge in [-0.25, -0.2) is 12.7 Å². The predicted molar refractivity (Wildman–Crippen MR) is 81.0 cm³/mol. The molecule has 0 spiro atoms. The summed E-state index contributed by atoms with van der Waals surface area (Å²) in [5.74, 6) is 1.65. The lowest BCUT2D eigenvalue weighted by atomic mass is 10.3. The minimum absolute atomic E-state index is 0.0686. The average Bonchev–Trinajstić information content (AvgIpc) is 3.13. The van der Waals surface area contributed by atoms with Crippen molar-refractivity contribution in [1.29, 1.82) is 0 Å². The third-order valence-electron chi connectivity index (χ3n) is 3.97. The second-order valence-corrected chi connectivity index (χ2v) is 7.52. The number of benzene rings is 1. The van der Waals surface area contributed by atoms with E-state index in [4.69, 9.17) is 15.2 Å². The van der Waals surface area contributed by atoms with Crippen molar-refractivity contribution >= 4 is 15.7 Å². The zero-order valence-electron chi connectivity index (χ0n) is 12.8. The van der Waals surface area contributed by atoms with Gasteiger partial charge in [0.1, 0.15) is 16.4 Å². The minimum atomic E-state index is -3.63. The molecular weight excluding hydrogens is 292 g/mol. The Labute approximate surface area is 125 Å². The molecule has 0 radical (unpaired) electrons. The molecule has 1 aromatic carbocycles. The number of hydrogen-bond donors (Lipinski definition) is 1. The van der Waals surface area contributed by atoms with Crippen LogP contribution in [0.25, 0.3) is 0 Å². The van der Waals surface area contributed by atoms with E-state index in [0.29, 0.717) is 24.1 Å². The first kappa shape index (κ1) is 15.9. The van der Waals surface area contributed by atoms with Crippen molar-refractivity contribution < 1.29 is 17.9 Å². The normalized spacial score (nSPS) is 21.4. The number of ether oxygens (including phenoxy) is 2. The van der Waals surface area contributed by atoms with E-state index >= 15 is 0 Å². The summed E-state index contributed by atoms with van der Waals surface area (Å²) in [6, 6.07) is 2.88. The van der Waals surface area contributed by atoms with Gasteiger partial charge in [0, 0.05) is 19.7 Å². The molecule has 1 aliphatic carbocycles. The van der Waals surface area contributed by atoms with Crippen LogP contribution in [-0.2, 0) is 10.0 Å². The quantitative estimate of drug-likeness (QED) is 0.806. The van der Waals surface area contributed by atoms with Crippen LogP contribution in [0.3, 0.4) is 0 Å². The Balaban J connectivity index is 2.36. The minimum Gasteiger partial charge on any atom is -0.495 e. The van der Waals surface area contributed by atoms with Crippen LogP contribution in [0.15, 0.2) is 17.0 Å².